The SMILES string of the molecule is C1CCOC1.CCCCC(CC)CC.CO. The van der Waals surface area contributed by atoms with Crippen molar-refractivity contribution < 1.29 is 9.84 Å². The molecule has 1 fully saturated rings. The van der Waals surface area contributed by atoms with E-state index in [0.717, 1.165) is 26.2 Å². The van der Waals surface area contributed by atoms with Crippen LogP contribution in [0.1, 0.15) is 65.7 Å². The first-order valence-electron chi connectivity index (χ1n) is 6.87. The summed E-state index contributed by atoms with van der Waals surface area (Å²) in [5, 5.41) is 7.00. The van der Waals surface area contributed by atoms with Gasteiger partial charge in [-0.1, -0.05) is 52.9 Å². The maximum Gasteiger partial charge on any atom is 0.0466 e. The Balaban J connectivity index is 0. The Morgan fingerprint density at radius 2 is 1.50 bits per heavy atom. The molecule has 0 bridgehead atoms. The van der Waals surface area contributed by atoms with Crippen molar-refractivity contribution in [3.8, 4) is 0 Å². The Labute approximate surface area is 102 Å². The van der Waals surface area contributed by atoms with Crippen LogP contribution in [0, 0.1) is 5.92 Å². The fraction of sp³-hybridized carbons (Fsp3) is 1.00. The van der Waals surface area contributed by atoms with Crippen LogP contribution in [0.5, 0.6) is 0 Å². The van der Waals surface area contributed by atoms with Gasteiger partial charge in [0.1, 0.15) is 0 Å². The fourth-order valence-corrected chi connectivity index (χ4v) is 1.70. The molecule has 0 unspecified atom stereocenters. The summed E-state index contributed by atoms with van der Waals surface area (Å²) in [5.41, 5.74) is 0. The number of hydrogen-bond acceptors (Lipinski definition) is 2. The molecule has 0 aromatic rings. The predicted octanol–water partition coefficient (Wildman–Crippen LogP) is 4.02. The number of rotatable bonds is 5. The molecule has 1 N–H and O–H groups in total. The van der Waals surface area contributed by atoms with E-state index >= 15 is 0 Å². The molecule has 1 aliphatic rings. The van der Waals surface area contributed by atoms with Crippen LogP contribution in [0.15, 0.2) is 0 Å². The van der Waals surface area contributed by atoms with Gasteiger partial charge in [0.15, 0.2) is 0 Å². The van der Waals surface area contributed by atoms with Gasteiger partial charge in [-0.3, -0.25) is 0 Å². The Hall–Kier alpha value is -0.0800. The highest BCUT2D eigenvalue weighted by Gasteiger charge is 2.00. The maximum atomic E-state index is 7.00. The summed E-state index contributed by atoms with van der Waals surface area (Å²) in [7, 11) is 1.00. The molecule has 0 aromatic carbocycles. The van der Waals surface area contributed by atoms with Crippen LogP contribution >= 0.6 is 0 Å². The summed E-state index contributed by atoms with van der Waals surface area (Å²) in [4.78, 5) is 0. The van der Waals surface area contributed by atoms with E-state index < -0.39 is 0 Å². The number of hydrogen-bond donors (Lipinski definition) is 1. The number of aliphatic hydroxyl groups is 1. The second-order valence-corrected chi connectivity index (χ2v) is 4.14. The van der Waals surface area contributed by atoms with Crippen LogP contribution in [0.4, 0.5) is 0 Å². The molecule has 2 heteroatoms. The molecule has 0 saturated carbocycles. The van der Waals surface area contributed by atoms with Gasteiger partial charge in [0.2, 0.25) is 0 Å². The van der Waals surface area contributed by atoms with E-state index in [9.17, 15) is 0 Å². The zero-order valence-corrected chi connectivity index (χ0v) is 11.8. The minimum Gasteiger partial charge on any atom is -0.400 e. The van der Waals surface area contributed by atoms with Gasteiger partial charge in [0.25, 0.3) is 0 Å². The van der Waals surface area contributed by atoms with Gasteiger partial charge in [-0.25, -0.2) is 0 Å². The smallest absolute Gasteiger partial charge is 0.0466 e. The Bertz CT molecular complexity index is 89.3. The van der Waals surface area contributed by atoms with Crippen molar-refractivity contribution in [2.75, 3.05) is 20.3 Å². The zero-order chi connectivity index (χ0) is 12.6. The molecule has 0 radical (unpaired) electrons. The van der Waals surface area contributed by atoms with E-state index in [-0.39, 0.29) is 0 Å². The highest BCUT2D eigenvalue weighted by molar-refractivity contribution is 4.53. The Morgan fingerprint density at radius 1 is 1.00 bits per heavy atom. The molecule has 1 saturated heterocycles. The largest absolute Gasteiger partial charge is 0.400 e. The fourth-order valence-electron chi connectivity index (χ4n) is 1.70. The van der Waals surface area contributed by atoms with E-state index in [1.54, 1.807) is 0 Å². The summed E-state index contributed by atoms with van der Waals surface area (Å²) in [6, 6.07) is 0. The van der Waals surface area contributed by atoms with Gasteiger partial charge in [-0.2, -0.15) is 0 Å². The Morgan fingerprint density at radius 3 is 1.75 bits per heavy atom. The monoisotopic (exact) mass is 232 g/mol. The number of ether oxygens (including phenoxy) is 1. The summed E-state index contributed by atoms with van der Waals surface area (Å²) in [6.07, 6.45) is 9.53. The van der Waals surface area contributed by atoms with E-state index in [1.807, 2.05) is 0 Å². The molecule has 2 nitrogen and oxygen atoms in total. The summed E-state index contributed by atoms with van der Waals surface area (Å²) < 4.78 is 4.94. The van der Waals surface area contributed by atoms with E-state index in [4.69, 9.17) is 9.84 Å². The molecule has 1 heterocycles. The molecule has 0 atom stereocenters. The molecular formula is C14H32O2. The summed E-state index contributed by atoms with van der Waals surface area (Å²) in [6.45, 7) is 8.86. The summed E-state index contributed by atoms with van der Waals surface area (Å²) >= 11 is 0. The van der Waals surface area contributed by atoms with Crippen molar-refractivity contribution in [3.63, 3.8) is 0 Å². The molecule has 1 rings (SSSR count). The topological polar surface area (TPSA) is 29.5 Å². The first-order valence-corrected chi connectivity index (χ1v) is 6.87. The molecular weight excluding hydrogens is 200 g/mol. The third-order valence-electron chi connectivity index (χ3n) is 2.95. The van der Waals surface area contributed by atoms with Crippen LogP contribution < -0.4 is 0 Å². The van der Waals surface area contributed by atoms with E-state index in [1.165, 1.54) is 44.9 Å². The lowest BCUT2D eigenvalue weighted by molar-refractivity contribution is 0.198. The average Bonchev–Trinajstić information content (AvgIpc) is 2.92. The van der Waals surface area contributed by atoms with E-state index in [2.05, 4.69) is 20.8 Å². The van der Waals surface area contributed by atoms with Gasteiger partial charge in [0.05, 0.1) is 0 Å². The van der Waals surface area contributed by atoms with Gasteiger partial charge in [0, 0.05) is 20.3 Å². The minimum atomic E-state index is 1.00. The lowest BCUT2D eigenvalue weighted by Gasteiger charge is -2.09. The lowest BCUT2D eigenvalue weighted by atomic mass is 9.97. The van der Waals surface area contributed by atoms with Crippen molar-refractivity contribution in [2.24, 2.45) is 5.92 Å². The van der Waals surface area contributed by atoms with Crippen LogP contribution in [0.2, 0.25) is 0 Å². The molecule has 16 heavy (non-hydrogen) atoms. The molecule has 100 valence electrons. The lowest BCUT2D eigenvalue weighted by Crippen LogP contribution is -1.95. The molecule has 1 aliphatic heterocycles. The van der Waals surface area contributed by atoms with E-state index in [0.29, 0.717) is 0 Å². The third-order valence-corrected chi connectivity index (χ3v) is 2.95. The first-order chi connectivity index (χ1) is 7.85. The van der Waals surface area contributed by atoms with Gasteiger partial charge in [-0.05, 0) is 18.8 Å². The first kappa shape index (κ1) is 18.3. The summed E-state index contributed by atoms with van der Waals surface area (Å²) in [5.74, 6) is 1.00. The van der Waals surface area contributed by atoms with Crippen molar-refractivity contribution in [3.05, 3.63) is 0 Å². The minimum absolute atomic E-state index is 1.00. The van der Waals surface area contributed by atoms with Crippen molar-refractivity contribution >= 4 is 0 Å². The number of unbranched alkanes of at least 4 members (excludes halogenated alkanes) is 1. The van der Waals surface area contributed by atoms with Crippen LogP contribution in [-0.4, -0.2) is 25.4 Å². The van der Waals surface area contributed by atoms with Gasteiger partial charge in [-0.15, -0.1) is 0 Å². The van der Waals surface area contributed by atoms with Crippen molar-refractivity contribution in [1.82, 2.24) is 0 Å². The van der Waals surface area contributed by atoms with Gasteiger partial charge >= 0.3 is 0 Å². The molecule has 0 amide bonds. The van der Waals surface area contributed by atoms with Crippen LogP contribution in [0.3, 0.4) is 0 Å². The third kappa shape index (κ3) is 13.9. The highest BCUT2D eigenvalue weighted by Crippen LogP contribution is 2.15. The predicted molar refractivity (Wildman–Crippen MR) is 71.8 cm³/mol. The highest BCUT2D eigenvalue weighted by atomic mass is 16.5. The van der Waals surface area contributed by atoms with Crippen molar-refractivity contribution in [1.29, 1.82) is 0 Å². The van der Waals surface area contributed by atoms with Crippen molar-refractivity contribution in [2.45, 2.75) is 65.7 Å². The molecule has 0 aliphatic carbocycles. The van der Waals surface area contributed by atoms with Crippen LogP contribution in [-0.2, 0) is 4.74 Å². The molecule has 0 spiro atoms. The Kier molecular flexibility index (Phi) is 19.8. The molecule has 0 aromatic heterocycles. The second kappa shape index (κ2) is 17.3. The maximum absolute atomic E-state index is 7.00. The standard InChI is InChI=1S/C9H20.C4H8O.CH4O/c1-4-7-8-9(5-2)6-3;1-2-4-5-3-1;1-2/h9H,4-8H2,1-3H3;1-4H2;2H,1H3. The average molecular weight is 232 g/mol. The second-order valence-electron chi connectivity index (χ2n) is 4.14. The quantitative estimate of drug-likeness (QED) is 0.776. The van der Waals surface area contributed by atoms with Crippen LogP contribution in [0.25, 0.3) is 0 Å². The number of aliphatic hydroxyl groups excluding tert-OH is 1. The zero-order valence-electron chi connectivity index (χ0n) is 11.8. The van der Waals surface area contributed by atoms with Gasteiger partial charge < -0.3 is 9.84 Å². The normalized spacial score (nSPS) is 13.9.